The van der Waals surface area contributed by atoms with E-state index in [9.17, 15) is 24.3 Å². The quantitative estimate of drug-likeness (QED) is 0.148. The summed E-state index contributed by atoms with van der Waals surface area (Å²) in [5.41, 5.74) is 1.89. The fraction of sp³-hybridized carbons (Fsp3) is 0.486. The molecule has 3 rings (SSSR count). The van der Waals surface area contributed by atoms with Gasteiger partial charge in [-0.05, 0) is 62.5 Å². The maximum absolute atomic E-state index is 13.4. The minimum atomic E-state index is -0.625. The number of unbranched alkanes of at least 4 members (excludes halogenated alkanes) is 1. The number of amides is 3. The molecule has 45 heavy (non-hydrogen) atoms. The summed E-state index contributed by atoms with van der Waals surface area (Å²) in [5, 5.41) is 18.5. The van der Waals surface area contributed by atoms with Gasteiger partial charge in [-0.25, -0.2) is 4.79 Å². The first-order valence-electron chi connectivity index (χ1n) is 15.9. The molecular formula is C35H47N3O7. The van der Waals surface area contributed by atoms with E-state index in [0.29, 0.717) is 51.5 Å². The number of esters is 1. The normalized spacial score (nSPS) is 18.5. The molecule has 0 saturated carbocycles. The molecule has 4 N–H and O–H groups in total. The van der Waals surface area contributed by atoms with Gasteiger partial charge in [0.25, 0.3) is 0 Å². The Morgan fingerprint density at radius 3 is 2.44 bits per heavy atom. The van der Waals surface area contributed by atoms with E-state index in [2.05, 4.69) is 16.0 Å². The largest absolute Gasteiger partial charge is 0.463 e. The van der Waals surface area contributed by atoms with Crippen molar-refractivity contribution in [1.29, 1.82) is 0 Å². The van der Waals surface area contributed by atoms with Crippen LogP contribution in [-0.2, 0) is 36.9 Å². The van der Waals surface area contributed by atoms with E-state index in [1.165, 1.54) is 0 Å². The van der Waals surface area contributed by atoms with Crippen LogP contribution in [0.5, 0.6) is 0 Å². The van der Waals surface area contributed by atoms with E-state index in [1.54, 1.807) is 0 Å². The number of benzene rings is 2. The summed E-state index contributed by atoms with van der Waals surface area (Å²) < 4.78 is 10.7. The highest BCUT2D eigenvalue weighted by Gasteiger charge is 2.25. The lowest BCUT2D eigenvalue weighted by Gasteiger charge is -2.23. The molecule has 10 nitrogen and oxygen atoms in total. The maximum atomic E-state index is 13.4. The Bertz CT molecular complexity index is 1210. The van der Waals surface area contributed by atoms with Crippen LogP contribution in [0.25, 0.3) is 0 Å². The molecule has 1 heterocycles. The number of ether oxygens (including phenoxy) is 2. The number of aliphatic hydroxyl groups excluding tert-OH is 1. The number of cyclic esters (lactones) is 1. The van der Waals surface area contributed by atoms with Crippen molar-refractivity contribution in [2.24, 2.45) is 5.92 Å². The highest BCUT2D eigenvalue weighted by Crippen LogP contribution is 2.15. The minimum Gasteiger partial charge on any atom is -0.463 e. The van der Waals surface area contributed by atoms with Gasteiger partial charge >= 0.3 is 12.1 Å². The standard InChI is InChI=1S/C35H47N3O7/c39-24-31(22-27-14-6-4-7-15-27)37-32(40)23-29-18-10-2-1-3-11-20-33(41)44-26-30(38-34(29)42)19-12-13-21-36-35(43)45-25-28-16-8-5-9-17-28/h2,4-10,14-17,29-31,39H,1,3,11-13,18-26H2,(H,36,43)(H,37,40)(H,38,42). The molecule has 0 saturated heterocycles. The lowest BCUT2D eigenvalue weighted by atomic mass is 9.97. The predicted octanol–water partition coefficient (Wildman–Crippen LogP) is 4.36. The molecule has 0 aromatic heterocycles. The molecule has 3 unspecified atom stereocenters. The molecule has 2 aromatic carbocycles. The van der Waals surface area contributed by atoms with E-state index < -0.39 is 24.1 Å². The van der Waals surface area contributed by atoms with Gasteiger partial charge in [-0.2, -0.15) is 0 Å². The van der Waals surface area contributed by atoms with Gasteiger partial charge in [0.1, 0.15) is 13.2 Å². The molecule has 0 bridgehead atoms. The van der Waals surface area contributed by atoms with Crippen LogP contribution in [0.2, 0.25) is 0 Å². The lowest BCUT2D eigenvalue weighted by Crippen LogP contribution is -2.45. The first kappa shape index (κ1) is 35.3. The molecule has 244 valence electrons. The van der Waals surface area contributed by atoms with Crippen LogP contribution in [0.15, 0.2) is 72.8 Å². The monoisotopic (exact) mass is 621 g/mol. The highest BCUT2D eigenvalue weighted by atomic mass is 16.5. The molecule has 1 aliphatic heterocycles. The van der Waals surface area contributed by atoms with Crippen molar-refractivity contribution in [2.45, 2.75) is 82.9 Å². The minimum absolute atomic E-state index is 0.0372. The van der Waals surface area contributed by atoms with Crippen LogP contribution in [0.1, 0.15) is 68.9 Å². The molecule has 3 amide bonds. The second-order valence-corrected chi connectivity index (χ2v) is 11.4. The van der Waals surface area contributed by atoms with Gasteiger partial charge < -0.3 is 30.5 Å². The summed E-state index contributed by atoms with van der Waals surface area (Å²) in [6, 6.07) is 18.1. The van der Waals surface area contributed by atoms with E-state index in [4.69, 9.17) is 9.47 Å². The predicted molar refractivity (Wildman–Crippen MR) is 171 cm³/mol. The molecule has 1 aliphatic rings. The Morgan fingerprint density at radius 1 is 0.978 bits per heavy atom. The van der Waals surface area contributed by atoms with Gasteiger partial charge in [0.15, 0.2) is 0 Å². The van der Waals surface area contributed by atoms with Crippen LogP contribution in [-0.4, -0.2) is 60.8 Å². The summed E-state index contributed by atoms with van der Waals surface area (Å²) in [5.74, 6) is -1.53. The number of carbonyl (C=O) groups excluding carboxylic acids is 4. The first-order chi connectivity index (χ1) is 21.9. The molecule has 2 aromatic rings. The second kappa shape index (κ2) is 20.7. The third-order valence-electron chi connectivity index (χ3n) is 7.56. The van der Waals surface area contributed by atoms with E-state index >= 15 is 0 Å². The maximum Gasteiger partial charge on any atom is 0.407 e. The zero-order chi connectivity index (χ0) is 32.1. The molecule has 0 fully saturated rings. The molecule has 10 heteroatoms. The SMILES string of the molecule is O=C(CC1CC=CCCCCC(=O)OCC(CCCCNC(=O)OCc2ccccc2)NC1=O)NC(CO)Cc1ccccc1. The van der Waals surface area contributed by atoms with E-state index in [0.717, 1.165) is 24.0 Å². The van der Waals surface area contributed by atoms with Crippen molar-refractivity contribution in [2.75, 3.05) is 19.8 Å². The summed E-state index contributed by atoms with van der Waals surface area (Å²) >= 11 is 0. The third-order valence-corrected chi connectivity index (χ3v) is 7.56. The number of rotatable bonds is 13. The summed E-state index contributed by atoms with van der Waals surface area (Å²) in [6.07, 6.45) is 8.69. The lowest BCUT2D eigenvalue weighted by molar-refractivity contribution is -0.145. The highest BCUT2D eigenvalue weighted by molar-refractivity contribution is 5.86. The number of nitrogens with one attached hydrogen (secondary N) is 3. The molecule has 3 atom stereocenters. The summed E-state index contributed by atoms with van der Waals surface area (Å²) in [6.45, 7) is 0.408. The Balaban J connectivity index is 1.52. The van der Waals surface area contributed by atoms with Crippen molar-refractivity contribution in [3.05, 3.63) is 83.9 Å². The molecular weight excluding hydrogens is 574 g/mol. The number of alkyl carbamates (subject to hydrolysis) is 1. The van der Waals surface area contributed by atoms with E-state index in [-0.39, 0.29) is 44.0 Å². The average molecular weight is 622 g/mol. The number of hydrogen-bond donors (Lipinski definition) is 4. The second-order valence-electron chi connectivity index (χ2n) is 11.4. The molecule has 0 radical (unpaired) electrons. The number of allylic oxidation sites excluding steroid dienone is 2. The van der Waals surface area contributed by atoms with Crippen molar-refractivity contribution in [3.63, 3.8) is 0 Å². The van der Waals surface area contributed by atoms with Crippen LogP contribution in [0.3, 0.4) is 0 Å². The Labute approximate surface area is 266 Å². The van der Waals surface area contributed by atoms with Crippen molar-refractivity contribution >= 4 is 23.9 Å². The van der Waals surface area contributed by atoms with Gasteiger partial charge in [-0.3, -0.25) is 14.4 Å². The number of hydrogen-bond acceptors (Lipinski definition) is 7. The van der Waals surface area contributed by atoms with Crippen molar-refractivity contribution in [1.82, 2.24) is 16.0 Å². The smallest absolute Gasteiger partial charge is 0.407 e. The fourth-order valence-corrected chi connectivity index (χ4v) is 5.03. The third kappa shape index (κ3) is 14.9. The summed E-state index contributed by atoms with van der Waals surface area (Å²) in [7, 11) is 0. The van der Waals surface area contributed by atoms with Gasteiger partial charge in [0, 0.05) is 19.4 Å². The summed E-state index contributed by atoms with van der Waals surface area (Å²) in [4.78, 5) is 50.7. The first-order valence-corrected chi connectivity index (χ1v) is 15.9. The Hall–Kier alpha value is -4.18. The number of aliphatic hydroxyl groups is 1. The van der Waals surface area contributed by atoms with Gasteiger partial charge in [0.2, 0.25) is 11.8 Å². The average Bonchev–Trinajstić information content (AvgIpc) is 3.05. The number of carbonyl (C=O) groups is 4. The zero-order valence-electron chi connectivity index (χ0n) is 26.0. The van der Waals surface area contributed by atoms with Crippen molar-refractivity contribution in [3.8, 4) is 0 Å². The molecule has 0 spiro atoms. The van der Waals surface area contributed by atoms with Gasteiger partial charge in [0.05, 0.1) is 24.6 Å². The molecule has 0 aliphatic carbocycles. The van der Waals surface area contributed by atoms with Crippen molar-refractivity contribution < 1.29 is 33.8 Å². The van der Waals surface area contributed by atoms with Crippen LogP contribution < -0.4 is 16.0 Å². The Morgan fingerprint density at radius 2 is 1.71 bits per heavy atom. The zero-order valence-corrected chi connectivity index (χ0v) is 26.0. The Kier molecular flexibility index (Phi) is 16.3. The van der Waals surface area contributed by atoms with E-state index in [1.807, 2.05) is 72.8 Å². The van der Waals surface area contributed by atoms with Crippen LogP contribution in [0, 0.1) is 5.92 Å². The fourth-order valence-electron chi connectivity index (χ4n) is 5.03. The van der Waals surface area contributed by atoms with Crippen LogP contribution >= 0.6 is 0 Å². The van der Waals surface area contributed by atoms with Crippen LogP contribution in [0.4, 0.5) is 4.79 Å². The van der Waals surface area contributed by atoms with Gasteiger partial charge in [-0.1, -0.05) is 72.8 Å². The topological polar surface area (TPSA) is 143 Å². The van der Waals surface area contributed by atoms with Gasteiger partial charge in [-0.15, -0.1) is 0 Å².